The Morgan fingerprint density at radius 2 is 2.08 bits per heavy atom. The molecule has 2 rings (SSSR count). The lowest BCUT2D eigenvalue weighted by atomic mass is 9.94. The van der Waals surface area contributed by atoms with Crippen molar-refractivity contribution in [2.24, 2.45) is 0 Å². The van der Waals surface area contributed by atoms with Crippen molar-refractivity contribution in [2.45, 2.75) is 19.9 Å². The maximum absolute atomic E-state index is 12.3. The van der Waals surface area contributed by atoms with Gasteiger partial charge in [0.25, 0.3) is 0 Å². The zero-order valence-electron chi connectivity index (χ0n) is 13.8. The number of ether oxygens (including phenoxy) is 2. The Kier molecular flexibility index (Phi) is 5.58. The second kappa shape index (κ2) is 7.29. The number of esters is 1. The van der Waals surface area contributed by atoms with Crippen LogP contribution in [0.3, 0.4) is 0 Å². The summed E-state index contributed by atoms with van der Waals surface area (Å²) < 4.78 is 10.6. The number of carbonyl (C=O) groups excluding carboxylic acids is 2. The molecule has 7 nitrogen and oxygen atoms in total. The molecule has 1 aliphatic heterocycles. The molecule has 24 heavy (non-hydrogen) atoms. The maximum Gasteiger partial charge on any atom is 0.337 e. The van der Waals surface area contributed by atoms with Gasteiger partial charge in [0, 0.05) is 12.2 Å². The summed E-state index contributed by atoms with van der Waals surface area (Å²) in [5.41, 5.74) is 1.51. The molecule has 0 fully saturated rings. The number of benzene rings is 1. The minimum atomic E-state index is -0.684. The highest BCUT2D eigenvalue weighted by Crippen LogP contribution is 2.38. The normalized spacial score (nSPS) is 17.6. The fourth-order valence-corrected chi connectivity index (χ4v) is 3.33. The van der Waals surface area contributed by atoms with Crippen molar-refractivity contribution in [3.05, 3.63) is 32.5 Å². The van der Waals surface area contributed by atoms with E-state index in [4.69, 9.17) is 9.47 Å². The summed E-state index contributed by atoms with van der Waals surface area (Å²) in [6.07, 6.45) is 0. The first kappa shape index (κ1) is 18.4. The summed E-state index contributed by atoms with van der Waals surface area (Å²) in [5, 5.41) is 12.8. The van der Waals surface area contributed by atoms with E-state index < -0.39 is 12.0 Å². The van der Waals surface area contributed by atoms with Gasteiger partial charge in [0.05, 0.1) is 29.4 Å². The van der Waals surface area contributed by atoms with E-state index in [2.05, 4.69) is 5.32 Å². The number of allylic oxidation sites excluding steroid dienone is 1. The van der Waals surface area contributed by atoms with Gasteiger partial charge in [-0.25, -0.2) is 9.59 Å². The van der Waals surface area contributed by atoms with E-state index in [9.17, 15) is 14.7 Å². The predicted molar refractivity (Wildman–Crippen MR) is 95.7 cm³/mol. The summed E-state index contributed by atoms with van der Waals surface area (Å²) in [5.74, 6) is -0.233. The van der Waals surface area contributed by atoms with Crippen molar-refractivity contribution in [3.63, 3.8) is 0 Å². The van der Waals surface area contributed by atoms with Gasteiger partial charge in [-0.15, -0.1) is 0 Å². The summed E-state index contributed by atoms with van der Waals surface area (Å²) in [4.78, 5) is 26.1. The van der Waals surface area contributed by atoms with Gasteiger partial charge < -0.3 is 19.9 Å². The largest absolute Gasteiger partial charge is 0.504 e. The van der Waals surface area contributed by atoms with Crippen LogP contribution in [0.5, 0.6) is 11.5 Å². The molecule has 1 atom stereocenters. The highest BCUT2D eigenvalue weighted by molar-refractivity contribution is 14.1. The van der Waals surface area contributed by atoms with Crippen LogP contribution in [0.25, 0.3) is 0 Å². The number of rotatable bonds is 4. The lowest BCUT2D eigenvalue weighted by Crippen LogP contribution is -2.47. The van der Waals surface area contributed by atoms with Crippen molar-refractivity contribution >= 4 is 34.6 Å². The third-order valence-electron chi connectivity index (χ3n) is 3.92. The molecule has 1 aromatic rings. The molecule has 2 amide bonds. The highest BCUT2D eigenvalue weighted by Gasteiger charge is 2.36. The fraction of sp³-hybridized carbons (Fsp3) is 0.375. The molecule has 1 aliphatic rings. The molecule has 0 aliphatic carbocycles. The van der Waals surface area contributed by atoms with Crippen molar-refractivity contribution in [2.75, 3.05) is 20.8 Å². The van der Waals surface area contributed by atoms with Crippen LogP contribution < -0.4 is 10.1 Å². The van der Waals surface area contributed by atoms with Gasteiger partial charge >= 0.3 is 12.0 Å². The number of carbonyl (C=O) groups is 2. The zero-order valence-corrected chi connectivity index (χ0v) is 16.0. The van der Waals surface area contributed by atoms with Gasteiger partial charge in [-0.3, -0.25) is 4.90 Å². The quantitative estimate of drug-likeness (QED) is 0.549. The molecule has 2 N–H and O–H groups in total. The van der Waals surface area contributed by atoms with Crippen molar-refractivity contribution in [3.8, 4) is 11.5 Å². The van der Waals surface area contributed by atoms with Gasteiger partial charge in [0.1, 0.15) is 0 Å². The van der Waals surface area contributed by atoms with Crippen LogP contribution in [0.15, 0.2) is 23.4 Å². The highest BCUT2D eigenvalue weighted by atomic mass is 127. The van der Waals surface area contributed by atoms with E-state index in [1.165, 1.54) is 19.1 Å². The van der Waals surface area contributed by atoms with Crippen LogP contribution in [0.4, 0.5) is 4.79 Å². The van der Waals surface area contributed by atoms with Crippen molar-refractivity contribution in [1.29, 1.82) is 0 Å². The smallest absolute Gasteiger partial charge is 0.337 e. The third-order valence-corrected chi connectivity index (χ3v) is 4.74. The molecule has 0 saturated heterocycles. The lowest BCUT2D eigenvalue weighted by molar-refractivity contribution is -0.136. The number of nitrogens with one attached hydrogen (secondary N) is 1. The molecule has 0 aromatic heterocycles. The first-order chi connectivity index (χ1) is 11.3. The second-order valence-electron chi connectivity index (χ2n) is 5.17. The fourth-order valence-electron chi connectivity index (χ4n) is 2.70. The zero-order chi connectivity index (χ0) is 18.0. The van der Waals surface area contributed by atoms with Crippen molar-refractivity contribution in [1.82, 2.24) is 10.2 Å². The number of methoxy groups -OCH3 is 2. The van der Waals surface area contributed by atoms with E-state index in [1.807, 2.05) is 29.5 Å². The SMILES string of the molecule is CCN1C(=O)N[C@H](c2cc(I)c(O)c(OC)c2)C(C(=O)OC)=C1C. The molecule has 0 spiro atoms. The number of halogens is 1. The number of hydrogen-bond acceptors (Lipinski definition) is 5. The summed E-state index contributed by atoms with van der Waals surface area (Å²) in [7, 11) is 2.74. The summed E-state index contributed by atoms with van der Waals surface area (Å²) >= 11 is 1.97. The van der Waals surface area contributed by atoms with Gasteiger partial charge in [-0.2, -0.15) is 0 Å². The topological polar surface area (TPSA) is 88.1 Å². The van der Waals surface area contributed by atoms with Crippen LogP contribution in [-0.4, -0.2) is 42.8 Å². The minimum Gasteiger partial charge on any atom is -0.504 e. The van der Waals surface area contributed by atoms with Crippen LogP contribution in [0, 0.1) is 3.57 Å². The van der Waals surface area contributed by atoms with Crippen molar-refractivity contribution < 1.29 is 24.2 Å². The Hall–Kier alpha value is -1.97. The summed E-state index contributed by atoms with van der Waals surface area (Å²) in [6.45, 7) is 3.97. The predicted octanol–water partition coefficient (Wildman–Crippen LogP) is 2.54. The van der Waals surface area contributed by atoms with Gasteiger partial charge in [0.2, 0.25) is 0 Å². The van der Waals surface area contributed by atoms with Crippen LogP contribution in [0.2, 0.25) is 0 Å². The van der Waals surface area contributed by atoms with E-state index >= 15 is 0 Å². The molecular weight excluding hydrogens is 427 g/mol. The van der Waals surface area contributed by atoms with Crippen LogP contribution >= 0.6 is 22.6 Å². The average molecular weight is 446 g/mol. The standard InChI is InChI=1S/C16H19IN2O5/c1-5-19-8(2)12(15(21)24-4)13(18-16(19)22)9-6-10(17)14(20)11(7-9)23-3/h6-7,13,20H,5H2,1-4H3,(H,18,22)/t13-/m1/s1. The molecule has 0 unspecified atom stereocenters. The first-order valence-electron chi connectivity index (χ1n) is 7.29. The van der Waals surface area contributed by atoms with E-state index in [0.717, 1.165) is 0 Å². The molecular formula is C16H19IN2O5. The average Bonchev–Trinajstić information content (AvgIpc) is 2.56. The van der Waals surface area contributed by atoms with E-state index in [1.54, 1.807) is 19.1 Å². The van der Waals surface area contributed by atoms with Gasteiger partial charge in [-0.1, -0.05) is 0 Å². The molecule has 0 saturated carbocycles. The molecule has 1 heterocycles. The van der Waals surface area contributed by atoms with E-state index in [0.29, 0.717) is 26.9 Å². The van der Waals surface area contributed by atoms with Crippen LogP contribution in [-0.2, 0) is 9.53 Å². The lowest BCUT2D eigenvalue weighted by Gasteiger charge is -2.34. The molecule has 0 bridgehead atoms. The first-order valence-corrected chi connectivity index (χ1v) is 8.37. The Bertz CT molecular complexity index is 717. The van der Waals surface area contributed by atoms with Crippen LogP contribution in [0.1, 0.15) is 25.5 Å². The number of aromatic hydroxyl groups is 1. The second-order valence-corrected chi connectivity index (χ2v) is 6.33. The number of nitrogens with zero attached hydrogens (tertiary/aromatic N) is 1. The molecule has 130 valence electrons. The molecule has 1 aromatic carbocycles. The Labute approximate surface area is 153 Å². The minimum absolute atomic E-state index is 0.0134. The third kappa shape index (κ3) is 3.14. The van der Waals surface area contributed by atoms with E-state index in [-0.39, 0.29) is 17.5 Å². The Morgan fingerprint density at radius 1 is 1.42 bits per heavy atom. The van der Waals surface area contributed by atoms with Gasteiger partial charge in [0.15, 0.2) is 11.5 Å². The number of amides is 2. The Balaban J connectivity index is 2.63. The summed E-state index contributed by atoms with van der Waals surface area (Å²) in [6, 6.07) is 2.31. The molecule has 0 radical (unpaired) electrons. The number of urea groups is 1. The number of hydrogen-bond donors (Lipinski definition) is 2. The number of phenolic OH excluding ortho intramolecular Hbond substituents is 1. The van der Waals surface area contributed by atoms with Gasteiger partial charge in [-0.05, 0) is 54.1 Å². The maximum atomic E-state index is 12.3. The monoisotopic (exact) mass is 446 g/mol. The number of phenols is 1. The Morgan fingerprint density at radius 3 is 2.62 bits per heavy atom. The molecule has 8 heteroatoms.